The van der Waals surface area contributed by atoms with Crippen LogP contribution in [0.1, 0.15) is 12.5 Å². The predicted molar refractivity (Wildman–Crippen MR) is 89.4 cm³/mol. The van der Waals surface area contributed by atoms with Gasteiger partial charge in [0.05, 0.1) is 5.25 Å². The number of nitrogens with two attached hydrogens (primary N) is 1. The molecule has 0 aliphatic rings. The molecule has 0 aliphatic carbocycles. The Morgan fingerprint density at radius 1 is 1.45 bits per heavy atom. The molecule has 0 aliphatic heterocycles. The maximum atomic E-state index is 12.2. The van der Waals surface area contributed by atoms with Gasteiger partial charge < -0.3 is 16.0 Å². The van der Waals surface area contributed by atoms with Crippen LogP contribution in [0.3, 0.4) is 0 Å². The summed E-state index contributed by atoms with van der Waals surface area (Å²) in [5.41, 5.74) is 6.70. The zero-order valence-corrected chi connectivity index (χ0v) is 13.6. The molecule has 0 unspecified atom stereocenters. The van der Waals surface area contributed by atoms with Gasteiger partial charge in [0.1, 0.15) is 5.82 Å². The lowest BCUT2D eigenvalue weighted by molar-refractivity contribution is -0.115. The number of thioether (sulfide) groups is 1. The maximum absolute atomic E-state index is 12.2. The third-order valence-corrected chi connectivity index (χ3v) is 4.23. The number of amides is 1. The fraction of sp³-hybridized carbons (Fsp3) is 0.214. The molecule has 1 atom stereocenters. The van der Waals surface area contributed by atoms with Gasteiger partial charge in [-0.25, -0.2) is 4.98 Å². The lowest BCUT2D eigenvalue weighted by atomic mass is 10.2. The lowest BCUT2D eigenvalue weighted by Gasteiger charge is -2.12. The number of H-pyrrole nitrogens is 1. The number of nitrogens with one attached hydrogen (secondary N) is 2. The summed E-state index contributed by atoms with van der Waals surface area (Å²) in [6, 6.07) is 6.47. The van der Waals surface area contributed by atoms with E-state index in [1.807, 2.05) is 13.0 Å². The minimum atomic E-state index is -0.468. The fourth-order valence-electron chi connectivity index (χ4n) is 1.64. The average molecular weight is 339 g/mol. The number of rotatable bonds is 4. The molecular weight excluding hydrogens is 324 g/mol. The molecular formula is C14H15ClN4O2S. The minimum Gasteiger partial charge on any atom is -0.383 e. The van der Waals surface area contributed by atoms with Gasteiger partial charge in [-0.1, -0.05) is 29.4 Å². The van der Waals surface area contributed by atoms with E-state index in [1.54, 1.807) is 19.1 Å². The Morgan fingerprint density at radius 3 is 2.82 bits per heavy atom. The molecule has 0 spiro atoms. The van der Waals surface area contributed by atoms with Gasteiger partial charge >= 0.3 is 0 Å². The summed E-state index contributed by atoms with van der Waals surface area (Å²) in [4.78, 5) is 30.0. The van der Waals surface area contributed by atoms with E-state index in [0.29, 0.717) is 15.9 Å². The smallest absolute Gasteiger partial charge is 0.253 e. The second-order valence-electron chi connectivity index (χ2n) is 4.69. The van der Waals surface area contributed by atoms with Gasteiger partial charge in [-0.3, -0.25) is 9.59 Å². The average Bonchev–Trinajstić information content (AvgIpc) is 2.41. The van der Waals surface area contributed by atoms with E-state index in [-0.39, 0.29) is 17.3 Å². The third-order valence-electron chi connectivity index (χ3n) is 2.84. The molecule has 1 aromatic heterocycles. The number of benzene rings is 1. The Bertz CT molecular complexity index is 763. The molecule has 1 aromatic carbocycles. The molecule has 2 rings (SSSR count). The highest BCUT2D eigenvalue weighted by Crippen LogP contribution is 2.23. The highest BCUT2D eigenvalue weighted by atomic mass is 35.5. The lowest BCUT2D eigenvalue weighted by Crippen LogP contribution is -2.23. The van der Waals surface area contributed by atoms with Gasteiger partial charge in [-0.05, 0) is 31.5 Å². The largest absolute Gasteiger partial charge is 0.383 e. The van der Waals surface area contributed by atoms with Crippen LogP contribution in [0.2, 0.25) is 5.02 Å². The van der Waals surface area contributed by atoms with Crippen LogP contribution in [0.4, 0.5) is 11.5 Å². The Balaban J connectivity index is 2.05. The second kappa shape index (κ2) is 6.85. The topological polar surface area (TPSA) is 101 Å². The number of nitrogen functional groups attached to an aromatic ring is 1. The Morgan fingerprint density at radius 2 is 2.18 bits per heavy atom. The number of carbonyl (C=O) groups is 1. The van der Waals surface area contributed by atoms with Gasteiger partial charge in [-0.2, -0.15) is 0 Å². The molecule has 116 valence electrons. The van der Waals surface area contributed by atoms with Gasteiger partial charge in [-0.15, -0.1) is 0 Å². The summed E-state index contributed by atoms with van der Waals surface area (Å²) in [5.74, 6) is -0.112. The SMILES string of the molecule is Cc1ccc(NC(=O)[C@@H](C)Sc2nc(N)cc(=O)[nH]2)cc1Cl. The van der Waals surface area contributed by atoms with E-state index < -0.39 is 5.25 Å². The molecule has 0 bridgehead atoms. The summed E-state index contributed by atoms with van der Waals surface area (Å²) in [6.45, 7) is 3.59. The number of hydrogen-bond acceptors (Lipinski definition) is 5. The van der Waals surface area contributed by atoms with Crippen molar-refractivity contribution in [1.29, 1.82) is 0 Å². The minimum absolute atomic E-state index is 0.115. The molecule has 22 heavy (non-hydrogen) atoms. The van der Waals surface area contributed by atoms with Crippen LogP contribution in [0.25, 0.3) is 0 Å². The quantitative estimate of drug-likeness (QED) is 0.587. The monoisotopic (exact) mass is 338 g/mol. The van der Waals surface area contributed by atoms with Crippen molar-refractivity contribution in [1.82, 2.24) is 9.97 Å². The third kappa shape index (κ3) is 4.25. The van der Waals surface area contributed by atoms with E-state index in [0.717, 1.165) is 17.3 Å². The van der Waals surface area contributed by atoms with Crippen LogP contribution in [-0.2, 0) is 4.79 Å². The van der Waals surface area contributed by atoms with Crippen molar-refractivity contribution in [2.75, 3.05) is 11.1 Å². The standard InChI is InChI=1S/C14H15ClN4O2S/c1-7-3-4-9(5-10(7)15)17-13(21)8(2)22-14-18-11(16)6-12(20)19-14/h3-6,8H,1-2H3,(H,17,21)(H3,16,18,19,20)/t8-/m1/s1. The van der Waals surface area contributed by atoms with Crippen molar-refractivity contribution in [3.63, 3.8) is 0 Å². The van der Waals surface area contributed by atoms with Crippen molar-refractivity contribution in [2.45, 2.75) is 24.3 Å². The number of halogens is 1. The molecule has 0 radical (unpaired) electrons. The summed E-state index contributed by atoms with van der Waals surface area (Å²) < 4.78 is 0. The normalized spacial score (nSPS) is 12.0. The first-order chi connectivity index (χ1) is 10.3. The van der Waals surface area contributed by atoms with E-state index in [4.69, 9.17) is 17.3 Å². The highest BCUT2D eigenvalue weighted by Gasteiger charge is 2.16. The van der Waals surface area contributed by atoms with Gasteiger partial charge in [0.25, 0.3) is 5.56 Å². The number of aromatic nitrogens is 2. The van der Waals surface area contributed by atoms with Crippen LogP contribution in [0.15, 0.2) is 34.2 Å². The van der Waals surface area contributed by atoms with Crippen molar-refractivity contribution in [3.05, 3.63) is 45.2 Å². The molecule has 2 aromatic rings. The van der Waals surface area contributed by atoms with E-state index in [9.17, 15) is 9.59 Å². The molecule has 0 saturated heterocycles. The van der Waals surface area contributed by atoms with Crippen molar-refractivity contribution < 1.29 is 4.79 Å². The first-order valence-electron chi connectivity index (χ1n) is 6.45. The molecule has 0 saturated carbocycles. The number of carbonyl (C=O) groups excluding carboxylic acids is 1. The van der Waals surface area contributed by atoms with Crippen LogP contribution in [-0.4, -0.2) is 21.1 Å². The zero-order chi connectivity index (χ0) is 16.3. The van der Waals surface area contributed by atoms with Crippen molar-refractivity contribution in [2.24, 2.45) is 0 Å². The molecule has 1 heterocycles. The predicted octanol–water partition coefficient (Wildman–Crippen LogP) is 2.43. The van der Waals surface area contributed by atoms with Crippen LogP contribution in [0, 0.1) is 6.92 Å². The number of aryl methyl sites for hydroxylation is 1. The highest BCUT2D eigenvalue weighted by molar-refractivity contribution is 8.00. The molecule has 0 fully saturated rings. The van der Waals surface area contributed by atoms with E-state index in [2.05, 4.69) is 15.3 Å². The summed E-state index contributed by atoms with van der Waals surface area (Å²) >= 11 is 7.14. The van der Waals surface area contributed by atoms with E-state index in [1.165, 1.54) is 6.07 Å². The second-order valence-corrected chi connectivity index (χ2v) is 6.43. The Hall–Kier alpha value is -1.99. The summed E-state index contributed by atoms with van der Waals surface area (Å²) in [7, 11) is 0. The molecule has 8 heteroatoms. The van der Waals surface area contributed by atoms with Gasteiger partial charge in [0, 0.05) is 16.8 Å². The van der Waals surface area contributed by atoms with Crippen LogP contribution in [0.5, 0.6) is 0 Å². The maximum Gasteiger partial charge on any atom is 0.253 e. The van der Waals surface area contributed by atoms with Crippen LogP contribution >= 0.6 is 23.4 Å². The van der Waals surface area contributed by atoms with Gasteiger partial charge in [0.2, 0.25) is 5.91 Å². The van der Waals surface area contributed by atoms with E-state index >= 15 is 0 Å². The van der Waals surface area contributed by atoms with Gasteiger partial charge in [0.15, 0.2) is 5.16 Å². The van der Waals surface area contributed by atoms with Crippen molar-refractivity contribution in [3.8, 4) is 0 Å². The van der Waals surface area contributed by atoms with Crippen LogP contribution < -0.4 is 16.6 Å². The zero-order valence-electron chi connectivity index (χ0n) is 12.0. The number of nitrogens with zero attached hydrogens (tertiary/aromatic N) is 1. The first kappa shape index (κ1) is 16.4. The number of aromatic amines is 1. The summed E-state index contributed by atoms with van der Waals surface area (Å²) in [5, 5.41) is 3.18. The summed E-state index contributed by atoms with van der Waals surface area (Å²) in [6.07, 6.45) is 0. The Kier molecular flexibility index (Phi) is 5.10. The number of hydrogen-bond donors (Lipinski definition) is 3. The number of anilines is 2. The molecule has 4 N–H and O–H groups in total. The van der Waals surface area contributed by atoms with Crippen molar-refractivity contribution >= 4 is 40.8 Å². The Labute approximate surface area is 136 Å². The molecule has 6 nitrogen and oxygen atoms in total. The fourth-order valence-corrected chi connectivity index (χ4v) is 2.64. The first-order valence-corrected chi connectivity index (χ1v) is 7.71. The molecule has 1 amide bonds.